The van der Waals surface area contributed by atoms with Crippen LogP contribution in [0.15, 0.2) is 78.9 Å². The third-order valence-corrected chi connectivity index (χ3v) is 10.7. The number of anilines is 2. The number of benzene rings is 3. The molecule has 1 saturated carbocycles. The number of methoxy groups -OCH3 is 1. The van der Waals surface area contributed by atoms with Gasteiger partial charge >= 0.3 is 0 Å². The standard InChI is InChI=1S/C36H30ClFN2O6/c1-4-18-5-7-19(8-6-18)39-32(42)23-12-11-22-24(30(23)34(39)44)17-26-33(43)40(20-9-13-28(38)27(37)15-20)35(45)36(26,2)31(22)25-16-21(46-3)10-14-29(25)41/h4-11,13-16,23-24,26,30-31,41H,1,12,17H2,2-3H3/t23-,24+,26-,30-,31+,36+/m0/s1. The molecule has 1 N–H and O–H groups in total. The number of phenols is 1. The van der Waals surface area contributed by atoms with E-state index in [0.29, 0.717) is 22.6 Å². The molecule has 0 bridgehead atoms. The molecule has 3 aromatic rings. The average Bonchev–Trinajstić information content (AvgIpc) is 3.42. The van der Waals surface area contributed by atoms with Crippen LogP contribution in [-0.4, -0.2) is 35.8 Å². The minimum Gasteiger partial charge on any atom is -0.508 e. The van der Waals surface area contributed by atoms with Crippen LogP contribution in [0.4, 0.5) is 15.8 Å². The largest absolute Gasteiger partial charge is 0.508 e. The minimum absolute atomic E-state index is 0.101. The Labute approximate surface area is 269 Å². The molecular weight excluding hydrogens is 611 g/mol. The maximum Gasteiger partial charge on any atom is 0.241 e. The third kappa shape index (κ3) is 4.10. The molecule has 2 heterocycles. The number of amides is 4. The molecule has 10 heteroatoms. The fourth-order valence-electron chi connectivity index (χ4n) is 8.13. The highest BCUT2D eigenvalue weighted by Crippen LogP contribution is 2.64. The summed E-state index contributed by atoms with van der Waals surface area (Å²) < 4.78 is 19.6. The summed E-state index contributed by atoms with van der Waals surface area (Å²) in [6, 6.07) is 15.3. The number of imide groups is 2. The Morgan fingerprint density at radius 2 is 1.67 bits per heavy atom. The summed E-state index contributed by atoms with van der Waals surface area (Å²) >= 11 is 6.07. The number of rotatable bonds is 5. The van der Waals surface area contributed by atoms with Crippen molar-refractivity contribution in [3.63, 3.8) is 0 Å². The van der Waals surface area contributed by atoms with Crippen LogP contribution in [-0.2, 0) is 19.2 Å². The van der Waals surface area contributed by atoms with E-state index in [1.165, 1.54) is 30.2 Å². The Kier molecular flexibility index (Phi) is 6.93. The van der Waals surface area contributed by atoms with Crippen LogP contribution in [0, 0.1) is 34.9 Å². The SMILES string of the molecule is C=Cc1ccc(N2C(=O)[C@H]3[C@H](CC=C4[C@H]3C[C@H]3C(=O)N(c5ccc(F)c(Cl)c5)C(=O)[C@@]3(C)[C@H]4c3cc(OC)ccc3O)C2=O)cc1. The second-order valence-corrected chi connectivity index (χ2v) is 12.9. The Morgan fingerprint density at radius 1 is 0.957 bits per heavy atom. The lowest BCUT2D eigenvalue weighted by Gasteiger charge is -2.49. The van der Waals surface area contributed by atoms with Crippen LogP contribution in [0.1, 0.15) is 36.8 Å². The first-order chi connectivity index (χ1) is 22.0. The van der Waals surface area contributed by atoms with Crippen molar-refractivity contribution in [2.75, 3.05) is 16.9 Å². The molecule has 7 rings (SSSR count). The van der Waals surface area contributed by atoms with Crippen molar-refractivity contribution in [2.45, 2.75) is 25.7 Å². The van der Waals surface area contributed by atoms with Gasteiger partial charge in [0.2, 0.25) is 23.6 Å². The fraction of sp³-hybridized carbons (Fsp3) is 0.278. The molecule has 3 aromatic carbocycles. The molecule has 0 aromatic heterocycles. The number of carbonyl (C=O) groups is 4. The van der Waals surface area contributed by atoms with Gasteiger partial charge in [0, 0.05) is 11.5 Å². The Bertz CT molecular complexity index is 1890. The van der Waals surface area contributed by atoms with Gasteiger partial charge in [-0.1, -0.05) is 48.0 Å². The lowest BCUT2D eigenvalue weighted by atomic mass is 9.51. The predicted octanol–water partition coefficient (Wildman–Crippen LogP) is 6.27. The monoisotopic (exact) mass is 640 g/mol. The lowest BCUT2D eigenvalue weighted by molar-refractivity contribution is -0.131. The maximum absolute atomic E-state index is 14.5. The van der Waals surface area contributed by atoms with Crippen LogP contribution in [0.25, 0.3) is 6.08 Å². The molecule has 6 atom stereocenters. The van der Waals surface area contributed by atoms with Gasteiger partial charge in [-0.3, -0.25) is 24.1 Å². The van der Waals surface area contributed by atoms with Gasteiger partial charge in [0.25, 0.3) is 0 Å². The highest BCUT2D eigenvalue weighted by molar-refractivity contribution is 6.32. The molecule has 0 unspecified atom stereocenters. The van der Waals surface area contributed by atoms with Crippen LogP contribution in [0.5, 0.6) is 11.5 Å². The van der Waals surface area contributed by atoms with Gasteiger partial charge in [-0.15, -0.1) is 0 Å². The van der Waals surface area contributed by atoms with E-state index in [1.54, 1.807) is 49.4 Å². The van der Waals surface area contributed by atoms with Gasteiger partial charge in [-0.25, -0.2) is 9.29 Å². The van der Waals surface area contributed by atoms with Gasteiger partial charge in [-0.2, -0.15) is 0 Å². The van der Waals surface area contributed by atoms with Crippen molar-refractivity contribution in [2.24, 2.45) is 29.1 Å². The van der Waals surface area contributed by atoms with Crippen molar-refractivity contribution in [3.8, 4) is 11.5 Å². The summed E-state index contributed by atoms with van der Waals surface area (Å²) in [5.41, 5.74) is 1.10. The summed E-state index contributed by atoms with van der Waals surface area (Å²) in [5, 5.41) is 11.0. The van der Waals surface area contributed by atoms with Crippen molar-refractivity contribution in [1.82, 2.24) is 0 Å². The number of ether oxygens (including phenoxy) is 1. The van der Waals surface area contributed by atoms with E-state index < -0.39 is 52.6 Å². The zero-order chi connectivity index (χ0) is 32.7. The number of phenolic OH excluding ortho intramolecular Hbond substituents is 1. The second-order valence-electron chi connectivity index (χ2n) is 12.5. The highest BCUT2D eigenvalue weighted by Gasteiger charge is 2.68. The molecule has 0 radical (unpaired) electrons. The number of carbonyl (C=O) groups excluding carboxylic acids is 4. The number of fused-ring (bicyclic) bond motifs is 4. The smallest absolute Gasteiger partial charge is 0.241 e. The molecule has 46 heavy (non-hydrogen) atoms. The number of halogens is 2. The Hall–Kier alpha value is -4.76. The molecule has 2 saturated heterocycles. The first kappa shape index (κ1) is 29.9. The Balaban J connectivity index is 1.37. The molecular formula is C36H30ClFN2O6. The first-order valence-corrected chi connectivity index (χ1v) is 15.4. The topological polar surface area (TPSA) is 104 Å². The average molecular weight is 641 g/mol. The molecule has 0 spiro atoms. The maximum atomic E-state index is 14.5. The number of nitrogens with zero attached hydrogens (tertiary/aromatic N) is 2. The highest BCUT2D eigenvalue weighted by atomic mass is 35.5. The molecule has 8 nitrogen and oxygen atoms in total. The number of aromatic hydroxyl groups is 1. The first-order valence-electron chi connectivity index (χ1n) is 15.0. The lowest BCUT2D eigenvalue weighted by Crippen LogP contribution is -2.48. The molecule has 2 aliphatic carbocycles. The van der Waals surface area contributed by atoms with Gasteiger partial charge in [0.05, 0.1) is 46.7 Å². The van der Waals surface area contributed by atoms with E-state index in [2.05, 4.69) is 6.58 Å². The van der Waals surface area contributed by atoms with Crippen LogP contribution >= 0.6 is 11.6 Å². The van der Waals surface area contributed by atoms with Crippen molar-refractivity contribution < 1.29 is 33.4 Å². The van der Waals surface area contributed by atoms with E-state index >= 15 is 0 Å². The van der Waals surface area contributed by atoms with E-state index in [9.17, 15) is 28.7 Å². The zero-order valence-electron chi connectivity index (χ0n) is 25.1. The van der Waals surface area contributed by atoms with Gasteiger partial charge in [0.1, 0.15) is 17.3 Å². The molecule has 4 amide bonds. The summed E-state index contributed by atoms with van der Waals surface area (Å²) in [4.78, 5) is 59.1. The van der Waals surface area contributed by atoms with Crippen molar-refractivity contribution in [1.29, 1.82) is 0 Å². The van der Waals surface area contributed by atoms with E-state index in [1.807, 2.05) is 6.08 Å². The second kappa shape index (κ2) is 10.7. The van der Waals surface area contributed by atoms with Crippen LogP contribution < -0.4 is 14.5 Å². The zero-order valence-corrected chi connectivity index (χ0v) is 25.8. The summed E-state index contributed by atoms with van der Waals surface area (Å²) in [5.74, 6) is -5.85. The predicted molar refractivity (Wildman–Crippen MR) is 170 cm³/mol. The van der Waals surface area contributed by atoms with E-state index in [-0.39, 0.29) is 41.1 Å². The van der Waals surface area contributed by atoms with Gasteiger partial charge in [0.15, 0.2) is 0 Å². The van der Waals surface area contributed by atoms with Crippen molar-refractivity contribution in [3.05, 3.63) is 101 Å². The van der Waals surface area contributed by atoms with E-state index in [4.69, 9.17) is 16.3 Å². The van der Waals surface area contributed by atoms with Crippen LogP contribution in [0.2, 0.25) is 5.02 Å². The normalized spacial score (nSPS) is 28.5. The van der Waals surface area contributed by atoms with E-state index in [0.717, 1.165) is 16.5 Å². The summed E-state index contributed by atoms with van der Waals surface area (Å²) in [6.07, 6.45) is 3.96. The quantitative estimate of drug-likeness (QED) is 0.260. The van der Waals surface area contributed by atoms with Gasteiger partial charge in [-0.05, 0) is 79.8 Å². The molecule has 234 valence electrons. The number of hydrogen-bond donors (Lipinski definition) is 1. The summed E-state index contributed by atoms with van der Waals surface area (Å²) in [7, 11) is 1.48. The molecule has 3 fully saturated rings. The van der Waals surface area contributed by atoms with Gasteiger partial charge < -0.3 is 9.84 Å². The molecule has 4 aliphatic rings. The minimum atomic E-state index is -1.40. The summed E-state index contributed by atoms with van der Waals surface area (Å²) in [6.45, 7) is 5.46. The Morgan fingerprint density at radius 3 is 2.35 bits per heavy atom. The fourth-order valence-corrected chi connectivity index (χ4v) is 8.31. The number of hydrogen-bond acceptors (Lipinski definition) is 6. The third-order valence-electron chi connectivity index (χ3n) is 10.4. The van der Waals surface area contributed by atoms with Crippen molar-refractivity contribution >= 4 is 52.7 Å². The molecule has 2 aliphatic heterocycles. The van der Waals surface area contributed by atoms with Crippen LogP contribution in [0.3, 0.4) is 0 Å². The number of allylic oxidation sites excluding steroid dienone is 2.